The summed E-state index contributed by atoms with van der Waals surface area (Å²) in [6.07, 6.45) is 0.837. The Hall–Kier alpha value is -1.77. The second-order valence-corrected chi connectivity index (χ2v) is 4.65. The zero-order chi connectivity index (χ0) is 13.6. The molecule has 1 saturated heterocycles. The van der Waals surface area contributed by atoms with Gasteiger partial charge in [-0.15, -0.1) is 0 Å². The number of aromatic amines is 1. The summed E-state index contributed by atoms with van der Waals surface area (Å²) < 4.78 is 7.20. The molecule has 2 aromatic rings. The molecule has 1 aliphatic heterocycles. The molecule has 0 saturated carbocycles. The second-order valence-electron chi connectivity index (χ2n) is 4.65. The average Bonchev–Trinajstić information content (AvgIpc) is 2.94. The molecule has 3 rings (SSSR count). The third-order valence-electron chi connectivity index (χ3n) is 3.50. The number of hydrogen-bond donors (Lipinski definition) is 3. The first-order valence-electron chi connectivity index (χ1n) is 5.98. The Morgan fingerprint density at radius 1 is 1.53 bits per heavy atom. The van der Waals surface area contributed by atoms with E-state index in [9.17, 15) is 9.90 Å². The van der Waals surface area contributed by atoms with Crippen LogP contribution in [0.15, 0.2) is 17.4 Å². The molecule has 8 heteroatoms. The fourth-order valence-corrected chi connectivity index (χ4v) is 2.41. The molecule has 2 aromatic heterocycles. The molecule has 0 aromatic carbocycles. The van der Waals surface area contributed by atoms with E-state index in [0.717, 1.165) is 0 Å². The van der Waals surface area contributed by atoms with Crippen molar-refractivity contribution in [3.05, 3.63) is 23.0 Å². The number of imidazole rings is 1. The largest absolute Gasteiger partial charge is 0.394 e. The number of aromatic nitrogens is 4. The van der Waals surface area contributed by atoms with Crippen LogP contribution >= 0.6 is 0 Å². The van der Waals surface area contributed by atoms with Crippen molar-refractivity contribution in [2.45, 2.75) is 25.4 Å². The van der Waals surface area contributed by atoms with Gasteiger partial charge >= 0.3 is 0 Å². The van der Waals surface area contributed by atoms with E-state index in [0.29, 0.717) is 5.65 Å². The maximum absolute atomic E-state index is 11.6. The number of aliphatic hydroxyl groups is 2. The molecule has 3 N–H and O–H groups in total. The highest BCUT2D eigenvalue weighted by Crippen LogP contribution is 2.35. The number of aliphatic hydroxyl groups excluding tert-OH is 2. The van der Waals surface area contributed by atoms with E-state index in [4.69, 9.17) is 9.84 Å². The Kier molecular flexibility index (Phi) is 2.85. The monoisotopic (exact) mass is 266 g/mol. The van der Waals surface area contributed by atoms with Crippen molar-refractivity contribution in [1.29, 1.82) is 0 Å². The highest BCUT2D eigenvalue weighted by atomic mass is 16.5. The number of nitrogens with zero attached hydrogens (tertiary/aromatic N) is 3. The van der Waals surface area contributed by atoms with Crippen LogP contribution in [0.3, 0.4) is 0 Å². The molecule has 0 amide bonds. The molecule has 102 valence electrons. The van der Waals surface area contributed by atoms with Crippen molar-refractivity contribution in [3.63, 3.8) is 0 Å². The molecule has 0 bridgehead atoms. The van der Waals surface area contributed by atoms with E-state index in [1.165, 1.54) is 12.7 Å². The van der Waals surface area contributed by atoms with Crippen molar-refractivity contribution in [3.8, 4) is 0 Å². The molecule has 3 heterocycles. The minimum atomic E-state index is -0.769. The van der Waals surface area contributed by atoms with Crippen LogP contribution < -0.4 is 5.56 Å². The van der Waals surface area contributed by atoms with Gasteiger partial charge < -0.3 is 19.9 Å². The molecule has 8 nitrogen and oxygen atoms in total. The summed E-state index contributed by atoms with van der Waals surface area (Å²) in [6.45, 7) is 1.55. The predicted octanol–water partition coefficient (Wildman–Crippen LogP) is -0.994. The quantitative estimate of drug-likeness (QED) is 0.643. The maximum Gasteiger partial charge on any atom is 0.278 e. The van der Waals surface area contributed by atoms with E-state index in [1.54, 1.807) is 4.57 Å². The van der Waals surface area contributed by atoms with Crippen LogP contribution in [0.1, 0.15) is 13.2 Å². The Morgan fingerprint density at radius 3 is 3.00 bits per heavy atom. The summed E-state index contributed by atoms with van der Waals surface area (Å²) in [6, 6.07) is 0. The highest BCUT2D eigenvalue weighted by Gasteiger charge is 2.42. The minimum Gasteiger partial charge on any atom is -0.394 e. The third kappa shape index (κ3) is 1.76. The Balaban J connectivity index is 2.06. The molecule has 0 aliphatic carbocycles. The van der Waals surface area contributed by atoms with Crippen LogP contribution in [-0.4, -0.2) is 48.5 Å². The molecule has 0 radical (unpaired) electrons. The summed E-state index contributed by atoms with van der Waals surface area (Å²) in [4.78, 5) is 22.1. The number of fused-ring (bicyclic) bond motifs is 1. The predicted molar refractivity (Wildman–Crippen MR) is 64.3 cm³/mol. The lowest BCUT2D eigenvalue weighted by molar-refractivity contribution is -0.0447. The Morgan fingerprint density at radius 2 is 2.32 bits per heavy atom. The fraction of sp³-hybridized carbons (Fsp3) is 0.545. The topological polar surface area (TPSA) is 113 Å². The lowest BCUT2D eigenvalue weighted by atomic mass is 10.0. The Labute approximate surface area is 107 Å². The molecular weight excluding hydrogens is 252 g/mol. The number of nitrogens with one attached hydrogen (secondary N) is 1. The van der Waals surface area contributed by atoms with E-state index in [-0.39, 0.29) is 23.6 Å². The molecule has 1 fully saturated rings. The molecule has 0 spiro atoms. The van der Waals surface area contributed by atoms with Crippen LogP contribution in [0.25, 0.3) is 11.2 Å². The lowest BCUT2D eigenvalue weighted by Crippen LogP contribution is -2.28. The fourth-order valence-electron chi connectivity index (χ4n) is 2.41. The molecule has 0 unspecified atom stereocenters. The van der Waals surface area contributed by atoms with Gasteiger partial charge in [0.25, 0.3) is 5.56 Å². The number of hydrogen-bond acceptors (Lipinski definition) is 6. The van der Waals surface area contributed by atoms with Gasteiger partial charge in [-0.3, -0.25) is 9.36 Å². The summed E-state index contributed by atoms with van der Waals surface area (Å²) in [5.74, 6) is -0.240. The zero-order valence-electron chi connectivity index (χ0n) is 10.2. The van der Waals surface area contributed by atoms with Crippen molar-refractivity contribution in [1.82, 2.24) is 19.5 Å². The van der Waals surface area contributed by atoms with Gasteiger partial charge in [-0.2, -0.15) is 0 Å². The smallest absolute Gasteiger partial charge is 0.278 e. The zero-order valence-corrected chi connectivity index (χ0v) is 10.2. The third-order valence-corrected chi connectivity index (χ3v) is 3.50. The van der Waals surface area contributed by atoms with Crippen LogP contribution in [0.2, 0.25) is 0 Å². The molecular formula is C11H14N4O4. The van der Waals surface area contributed by atoms with E-state index in [2.05, 4.69) is 15.0 Å². The summed E-state index contributed by atoms with van der Waals surface area (Å²) in [7, 11) is 0. The van der Waals surface area contributed by atoms with Gasteiger partial charge in [0, 0.05) is 5.92 Å². The SMILES string of the molecule is C[C@H]1[C@H](O)[C@@H](CO)O[C@H]1n1cnc2c(=O)[nH]cnc21. The summed E-state index contributed by atoms with van der Waals surface area (Å²) >= 11 is 0. The highest BCUT2D eigenvalue weighted by molar-refractivity contribution is 5.68. The first kappa shape index (κ1) is 12.3. The van der Waals surface area contributed by atoms with Crippen LogP contribution in [0, 0.1) is 5.92 Å². The van der Waals surface area contributed by atoms with Gasteiger partial charge in [0.1, 0.15) is 12.3 Å². The normalized spacial score (nSPS) is 31.1. The standard InChI is InChI=1S/C11H14N4O4/c1-5-8(17)6(2-16)19-11(5)15-4-14-7-9(15)12-3-13-10(7)18/h3-6,8,11,16-17H,2H2,1H3,(H,12,13,18)/t5-,6+,8-,11+/m0/s1. The average molecular weight is 266 g/mol. The van der Waals surface area contributed by atoms with Gasteiger partial charge in [-0.05, 0) is 0 Å². The van der Waals surface area contributed by atoms with Crippen LogP contribution in [0.5, 0.6) is 0 Å². The number of rotatable bonds is 2. The maximum atomic E-state index is 11.6. The van der Waals surface area contributed by atoms with Crippen molar-refractivity contribution >= 4 is 11.2 Å². The number of H-pyrrole nitrogens is 1. The van der Waals surface area contributed by atoms with E-state index >= 15 is 0 Å². The van der Waals surface area contributed by atoms with Gasteiger partial charge in [0.05, 0.1) is 25.4 Å². The first-order valence-corrected chi connectivity index (χ1v) is 5.98. The molecule has 4 atom stereocenters. The summed E-state index contributed by atoms with van der Waals surface area (Å²) in [5.41, 5.74) is 0.292. The van der Waals surface area contributed by atoms with Gasteiger partial charge in [0.2, 0.25) is 0 Å². The molecule has 19 heavy (non-hydrogen) atoms. The Bertz CT molecular complexity index is 651. The van der Waals surface area contributed by atoms with Crippen molar-refractivity contribution in [2.75, 3.05) is 6.61 Å². The van der Waals surface area contributed by atoms with E-state index in [1.807, 2.05) is 6.92 Å². The van der Waals surface area contributed by atoms with Crippen LogP contribution in [-0.2, 0) is 4.74 Å². The first-order chi connectivity index (χ1) is 9.13. The van der Waals surface area contributed by atoms with Crippen LogP contribution in [0.4, 0.5) is 0 Å². The minimum absolute atomic E-state index is 0.222. The van der Waals surface area contributed by atoms with E-state index < -0.39 is 18.4 Å². The number of ether oxygens (including phenoxy) is 1. The molecule has 1 aliphatic rings. The lowest BCUT2D eigenvalue weighted by Gasteiger charge is -2.17. The second kappa shape index (κ2) is 4.41. The van der Waals surface area contributed by atoms with Crippen molar-refractivity contribution in [2.24, 2.45) is 5.92 Å². The van der Waals surface area contributed by atoms with Gasteiger partial charge in [-0.1, -0.05) is 6.92 Å². The van der Waals surface area contributed by atoms with Gasteiger partial charge in [-0.25, -0.2) is 9.97 Å². The van der Waals surface area contributed by atoms with Gasteiger partial charge in [0.15, 0.2) is 11.2 Å². The van der Waals surface area contributed by atoms with Crippen molar-refractivity contribution < 1.29 is 14.9 Å². The summed E-state index contributed by atoms with van der Waals surface area (Å²) in [5, 5.41) is 19.1.